The Balaban J connectivity index is 1.24. The molecule has 0 bridgehead atoms. The third kappa shape index (κ3) is 5.50. The maximum absolute atomic E-state index is 13.5. The molecule has 2 aliphatic heterocycles. The van der Waals surface area contributed by atoms with Crippen LogP contribution in [0.4, 0.5) is 13.2 Å². The number of para-hydroxylation sites is 1. The van der Waals surface area contributed by atoms with Crippen LogP contribution in [-0.4, -0.2) is 62.8 Å². The van der Waals surface area contributed by atoms with Gasteiger partial charge in [0.2, 0.25) is 0 Å². The minimum Gasteiger partial charge on any atom is -0.489 e. The van der Waals surface area contributed by atoms with Crippen molar-refractivity contribution in [2.45, 2.75) is 44.8 Å². The fourth-order valence-electron chi connectivity index (χ4n) is 6.22. The van der Waals surface area contributed by atoms with Crippen molar-refractivity contribution in [3.8, 4) is 17.3 Å². The van der Waals surface area contributed by atoms with Gasteiger partial charge in [-0.15, -0.1) is 0 Å². The lowest BCUT2D eigenvalue weighted by Crippen LogP contribution is -2.45. The first-order valence-corrected chi connectivity index (χ1v) is 14.8. The number of fused-ring (bicyclic) bond motifs is 1. The van der Waals surface area contributed by atoms with Crippen molar-refractivity contribution in [2.24, 2.45) is 5.73 Å². The van der Waals surface area contributed by atoms with E-state index in [1.165, 1.54) is 0 Å². The molecule has 0 radical (unpaired) electrons. The minimum absolute atomic E-state index is 0.0307. The average molecular weight is 618 g/mol. The smallest absolute Gasteiger partial charge is 0.489 e. The first-order valence-electron chi connectivity index (χ1n) is 14.8. The van der Waals surface area contributed by atoms with Crippen molar-refractivity contribution in [3.05, 3.63) is 83.4 Å². The Bertz CT molecular complexity index is 1930. The fraction of sp³-hybridized carbons (Fsp3) is 0.303. The van der Waals surface area contributed by atoms with E-state index in [1.54, 1.807) is 35.2 Å². The van der Waals surface area contributed by atoms with Crippen molar-refractivity contribution >= 4 is 33.8 Å². The maximum Gasteiger partial charge on any atom is 0.490 e. The highest BCUT2D eigenvalue weighted by Gasteiger charge is 2.40. The van der Waals surface area contributed by atoms with Crippen LogP contribution >= 0.6 is 0 Å². The Kier molecular flexibility index (Phi) is 7.23. The number of piperidine rings is 1. The van der Waals surface area contributed by atoms with Gasteiger partial charge in [-0.05, 0) is 48.2 Å². The summed E-state index contributed by atoms with van der Waals surface area (Å²) in [4.78, 5) is 31.4. The molecule has 9 nitrogen and oxygen atoms in total. The van der Waals surface area contributed by atoms with E-state index in [4.69, 9.17) is 15.5 Å². The second-order valence-electron chi connectivity index (χ2n) is 11.5. The summed E-state index contributed by atoms with van der Waals surface area (Å²) in [6.07, 6.45) is -3.26. The number of hydrogen-bond donors (Lipinski definition) is 1. The monoisotopic (exact) mass is 617 g/mol. The lowest BCUT2D eigenvalue weighted by Gasteiger charge is -2.31. The van der Waals surface area contributed by atoms with Crippen LogP contribution in [0.25, 0.3) is 33.5 Å². The van der Waals surface area contributed by atoms with Crippen LogP contribution in [0.1, 0.15) is 34.3 Å². The number of aromatic nitrogens is 3. The van der Waals surface area contributed by atoms with Crippen LogP contribution in [0.3, 0.4) is 0 Å². The number of ether oxygens (including phenoxy) is 2. The molecule has 1 amide bonds. The van der Waals surface area contributed by atoms with E-state index in [9.17, 15) is 22.8 Å². The first kappa shape index (κ1) is 28.9. The van der Waals surface area contributed by atoms with Crippen molar-refractivity contribution in [1.82, 2.24) is 19.0 Å². The molecule has 5 aromatic rings. The van der Waals surface area contributed by atoms with E-state index in [1.807, 2.05) is 30.3 Å². The van der Waals surface area contributed by atoms with Gasteiger partial charge in [0.25, 0.3) is 5.91 Å². The number of nitrogens with two attached hydrogens (primary N) is 1. The summed E-state index contributed by atoms with van der Waals surface area (Å²) in [6.45, 7) is 2.18. The highest BCUT2D eigenvalue weighted by molar-refractivity contribution is 6.00. The molecule has 2 aliphatic rings. The summed E-state index contributed by atoms with van der Waals surface area (Å²) in [5, 5.41) is 1.02. The molecule has 0 saturated carbocycles. The zero-order valence-corrected chi connectivity index (χ0v) is 24.2. The molecule has 2 N–H and O–H groups in total. The second-order valence-corrected chi connectivity index (χ2v) is 11.5. The molecule has 45 heavy (non-hydrogen) atoms. The number of hydrogen-bond acceptors (Lipinski definition) is 6. The van der Waals surface area contributed by atoms with Gasteiger partial charge < -0.3 is 29.2 Å². The molecule has 7 rings (SSSR count). The molecule has 0 spiro atoms. The number of rotatable bonds is 6. The Hall–Kier alpha value is -4.84. The zero-order chi connectivity index (χ0) is 31.3. The second kappa shape index (κ2) is 11.3. The molecule has 1 saturated heterocycles. The average Bonchev–Trinajstić information content (AvgIpc) is 3.58. The first-order chi connectivity index (χ1) is 21.7. The molecule has 232 valence electrons. The summed E-state index contributed by atoms with van der Waals surface area (Å²) in [6, 6.07) is 20.6. The summed E-state index contributed by atoms with van der Waals surface area (Å²) in [7, 11) is 0. The Morgan fingerprint density at radius 3 is 2.58 bits per heavy atom. The molecule has 1 atom stereocenters. The standard InChI is InChI=1S/C33H30F3N5O4/c34-33(35,36)32(43)45-19-21-9-7-20(8-10-21)17-41-26-6-2-1-4-22(26)15-27(41)30-38-25-14-23(16-28-29(25)40(30)12-13-44-28)31(42)39-11-3-5-24(37)18-39/h1-2,4,6-10,14-16,24H,3,5,11-13,17-19,37H2/t24-/m1/s1. The van der Waals surface area contributed by atoms with Gasteiger partial charge in [-0.25, -0.2) is 9.78 Å². The number of alkyl halides is 3. The fourth-order valence-corrected chi connectivity index (χ4v) is 6.22. The van der Waals surface area contributed by atoms with E-state index in [-0.39, 0.29) is 11.9 Å². The summed E-state index contributed by atoms with van der Waals surface area (Å²) in [5.74, 6) is -0.941. The quantitative estimate of drug-likeness (QED) is 0.261. The van der Waals surface area contributed by atoms with Gasteiger partial charge in [0, 0.05) is 42.1 Å². The van der Waals surface area contributed by atoms with Crippen LogP contribution in [0.15, 0.2) is 66.7 Å². The number of carbonyl (C=O) groups excluding carboxylic acids is 2. The van der Waals surface area contributed by atoms with Crippen molar-refractivity contribution in [3.63, 3.8) is 0 Å². The van der Waals surface area contributed by atoms with Gasteiger partial charge in [0.1, 0.15) is 24.5 Å². The molecular formula is C33H30F3N5O4. The van der Waals surface area contributed by atoms with Crippen LogP contribution in [-0.2, 0) is 29.2 Å². The van der Waals surface area contributed by atoms with Gasteiger partial charge in [-0.2, -0.15) is 13.2 Å². The van der Waals surface area contributed by atoms with Gasteiger partial charge in [-0.1, -0.05) is 42.5 Å². The largest absolute Gasteiger partial charge is 0.490 e. The minimum atomic E-state index is -5.03. The number of benzene rings is 3. The van der Waals surface area contributed by atoms with E-state index in [2.05, 4.69) is 19.9 Å². The molecule has 0 aliphatic carbocycles. The van der Waals surface area contributed by atoms with Crippen LogP contribution in [0, 0.1) is 0 Å². The number of likely N-dealkylation sites (tertiary alicyclic amines) is 1. The number of esters is 1. The molecule has 4 heterocycles. The molecule has 12 heteroatoms. The van der Waals surface area contributed by atoms with Gasteiger partial charge in [0.15, 0.2) is 5.82 Å². The molecule has 2 aromatic heterocycles. The Morgan fingerprint density at radius 2 is 1.80 bits per heavy atom. The van der Waals surface area contributed by atoms with E-state index in [0.717, 1.165) is 46.3 Å². The van der Waals surface area contributed by atoms with Crippen LogP contribution in [0.5, 0.6) is 5.75 Å². The Labute approximate surface area is 255 Å². The number of carbonyl (C=O) groups is 2. The highest BCUT2D eigenvalue weighted by atomic mass is 19.4. The molecule has 3 aromatic carbocycles. The van der Waals surface area contributed by atoms with Crippen molar-refractivity contribution in [1.29, 1.82) is 0 Å². The van der Waals surface area contributed by atoms with Crippen LogP contribution < -0.4 is 10.5 Å². The topological polar surface area (TPSA) is 105 Å². The lowest BCUT2D eigenvalue weighted by atomic mass is 10.0. The SMILES string of the molecule is N[C@@H]1CCCN(C(=O)c2cc3c4c(c2)nc(-c2cc5ccccc5n2Cc2ccc(COC(=O)C(F)(F)F)cc2)n4CCO3)C1. The lowest BCUT2D eigenvalue weighted by molar-refractivity contribution is -0.201. The summed E-state index contributed by atoms with van der Waals surface area (Å²) < 4.78 is 52.2. The normalized spacial score (nSPS) is 16.6. The maximum atomic E-state index is 13.5. The van der Waals surface area contributed by atoms with Crippen molar-refractivity contribution in [2.75, 3.05) is 19.7 Å². The summed E-state index contributed by atoms with van der Waals surface area (Å²) >= 11 is 0. The van der Waals surface area contributed by atoms with Gasteiger partial charge >= 0.3 is 12.1 Å². The van der Waals surface area contributed by atoms with Crippen LogP contribution in [0.2, 0.25) is 0 Å². The molecule has 0 unspecified atom stereocenters. The van der Waals surface area contributed by atoms with Gasteiger partial charge in [0.05, 0.1) is 17.8 Å². The Morgan fingerprint density at radius 1 is 1.02 bits per heavy atom. The summed E-state index contributed by atoms with van der Waals surface area (Å²) in [5.41, 5.74) is 11.4. The molecular weight excluding hydrogens is 587 g/mol. The van der Waals surface area contributed by atoms with Crippen molar-refractivity contribution < 1.29 is 32.2 Å². The van der Waals surface area contributed by atoms with E-state index in [0.29, 0.717) is 55.2 Å². The van der Waals surface area contributed by atoms with E-state index >= 15 is 0 Å². The third-order valence-electron chi connectivity index (χ3n) is 8.38. The predicted octanol–water partition coefficient (Wildman–Crippen LogP) is 5.27. The number of amides is 1. The number of halogens is 3. The van der Waals surface area contributed by atoms with E-state index < -0.39 is 18.8 Å². The third-order valence-corrected chi connectivity index (χ3v) is 8.38. The number of imidazole rings is 1. The molecule has 1 fully saturated rings. The predicted molar refractivity (Wildman–Crippen MR) is 161 cm³/mol. The highest BCUT2D eigenvalue weighted by Crippen LogP contribution is 2.37. The number of nitrogens with zero attached hydrogens (tertiary/aromatic N) is 4. The van der Waals surface area contributed by atoms with Gasteiger partial charge in [-0.3, -0.25) is 4.79 Å². The zero-order valence-electron chi connectivity index (χ0n) is 24.2.